The number of hydrogen-bond acceptors (Lipinski definition) is 3. The van der Waals surface area contributed by atoms with E-state index in [1.807, 2.05) is 0 Å². The second-order valence-electron chi connectivity index (χ2n) is 5.24. The Morgan fingerprint density at radius 1 is 1.32 bits per heavy atom. The number of aromatic nitrogens is 1. The normalized spacial score (nSPS) is 26.3. The number of fused-ring (bicyclic) bond motifs is 1. The summed E-state index contributed by atoms with van der Waals surface area (Å²) >= 11 is 0. The molecule has 1 aromatic rings. The van der Waals surface area contributed by atoms with Crippen molar-refractivity contribution in [1.82, 2.24) is 10.0 Å². The summed E-state index contributed by atoms with van der Waals surface area (Å²) in [5.74, 6) is 1.43. The fourth-order valence-corrected chi connectivity index (χ4v) is 2.84. The van der Waals surface area contributed by atoms with Crippen molar-refractivity contribution in [3.63, 3.8) is 0 Å². The van der Waals surface area contributed by atoms with E-state index in [-0.39, 0.29) is 6.23 Å². The van der Waals surface area contributed by atoms with Gasteiger partial charge in [-0.1, -0.05) is 6.08 Å². The van der Waals surface area contributed by atoms with Crippen LogP contribution in [0.1, 0.15) is 24.2 Å². The summed E-state index contributed by atoms with van der Waals surface area (Å²) < 4.78 is 7.55. The van der Waals surface area contributed by atoms with Gasteiger partial charge in [-0.25, -0.2) is 0 Å². The summed E-state index contributed by atoms with van der Waals surface area (Å²) in [6.45, 7) is 4.25. The third kappa shape index (κ3) is 2.22. The number of rotatable bonds is 2. The van der Waals surface area contributed by atoms with Gasteiger partial charge in [0.25, 0.3) is 0 Å². The predicted molar refractivity (Wildman–Crippen MR) is 74.0 cm³/mol. The molecule has 1 aliphatic heterocycles. The molecular formula is C15H20N2O2. The molecule has 2 atom stereocenters. The van der Waals surface area contributed by atoms with Gasteiger partial charge in [0.05, 0.1) is 0 Å². The third-order valence-electron chi connectivity index (χ3n) is 3.92. The predicted octanol–water partition coefficient (Wildman–Crippen LogP) is 2.75. The van der Waals surface area contributed by atoms with Crippen molar-refractivity contribution in [3.05, 3.63) is 41.4 Å². The van der Waals surface area contributed by atoms with E-state index in [9.17, 15) is 0 Å². The van der Waals surface area contributed by atoms with E-state index in [1.165, 1.54) is 17.1 Å². The molecule has 4 heteroatoms. The zero-order chi connectivity index (χ0) is 13.4. The largest absolute Gasteiger partial charge is 0.410 e. The number of ether oxygens (including phenoxy) is 1. The van der Waals surface area contributed by atoms with Gasteiger partial charge in [0.2, 0.25) is 0 Å². The molecule has 102 valence electrons. The van der Waals surface area contributed by atoms with E-state index in [0.29, 0.717) is 5.92 Å². The molecular weight excluding hydrogens is 240 g/mol. The van der Waals surface area contributed by atoms with Gasteiger partial charge in [-0.05, 0) is 32.4 Å². The molecule has 2 unspecified atom stereocenters. The Labute approximate surface area is 113 Å². The average Bonchev–Trinajstić information content (AvgIpc) is 2.77. The highest BCUT2D eigenvalue weighted by Gasteiger charge is 2.29. The summed E-state index contributed by atoms with van der Waals surface area (Å²) in [6, 6.07) is 4.28. The van der Waals surface area contributed by atoms with E-state index < -0.39 is 0 Å². The molecule has 2 aliphatic rings. The van der Waals surface area contributed by atoms with Crippen molar-refractivity contribution < 1.29 is 9.57 Å². The van der Waals surface area contributed by atoms with Crippen LogP contribution in [0.4, 0.5) is 0 Å². The van der Waals surface area contributed by atoms with Crippen molar-refractivity contribution in [2.24, 2.45) is 5.92 Å². The Balaban J connectivity index is 1.85. The molecule has 2 heterocycles. The zero-order valence-corrected chi connectivity index (χ0v) is 11.6. The quantitative estimate of drug-likeness (QED) is 0.888. The highest BCUT2D eigenvalue weighted by molar-refractivity contribution is 5.62. The van der Waals surface area contributed by atoms with Crippen molar-refractivity contribution in [2.75, 3.05) is 7.11 Å². The maximum atomic E-state index is 5.63. The molecule has 0 amide bonds. The molecule has 1 fully saturated rings. The van der Waals surface area contributed by atoms with Crippen LogP contribution in [0.25, 0.3) is 5.70 Å². The Hall–Kier alpha value is -1.52. The van der Waals surface area contributed by atoms with Crippen LogP contribution in [0, 0.1) is 19.8 Å². The molecule has 19 heavy (non-hydrogen) atoms. The van der Waals surface area contributed by atoms with Gasteiger partial charge in [0.15, 0.2) is 0 Å². The van der Waals surface area contributed by atoms with Crippen LogP contribution in [0.3, 0.4) is 0 Å². The summed E-state index contributed by atoms with van der Waals surface area (Å²) in [7, 11) is 1.70. The lowest BCUT2D eigenvalue weighted by Gasteiger charge is -2.33. The van der Waals surface area contributed by atoms with E-state index in [1.54, 1.807) is 7.11 Å². The topological polar surface area (TPSA) is 35.4 Å². The van der Waals surface area contributed by atoms with E-state index in [0.717, 1.165) is 18.6 Å². The van der Waals surface area contributed by atoms with Crippen LogP contribution in [0.2, 0.25) is 0 Å². The maximum absolute atomic E-state index is 5.63. The van der Waals surface area contributed by atoms with Crippen molar-refractivity contribution >= 4 is 5.70 Å². The van der Waals surface area contributed by atoms with Crippen LogP contribution in [-0.2, 0) is 9.57 Å². The van der Waals surface area contributed by atoms with Crippen molar-refractivity contribution in [1.29, 1.82) is 0 Å². The summed E-state index contributed by atoms with van der Waals surface area (Å²) in [5.41, 5.74) is 6.63. The van der Waals surface area contributed by atoms with Crippen LogP contribution >= 0.6 is 0 Å². The van der Waals surface area contributed by atoms with Gasteiger partial charge >= 0.3 is 0 Å². The second kappa shape index (κ2) is 4.87. The number of hydrogen-bond donors (Lipinski definition) is 1. The van der Waals surface area contributed by atoms with Crippen LogP contribution in [0.5, 0.6) is 0 Å². The number of methoxy groups -OCH3 is 1. The Kier molecular flexibility index (Phi) is 3.21. The first-order valence-corrected chi connectivity index (χ1v) is 6.71. The molecule has 0 saturated carbocycles. The van der Waals surface area contributed by atoms with Gasteiger partial charge in [0, 0.05) is 42.6 Å². The number of allylic oxidation sites excluding steroid dienone is 4. The molecule has 0 bridgehead atoms. The Morgan fingerprint density at radius 2 is 2.05 bits per heavy atom. The number of hydroxylamine groups is 1. The fraction of sp³-hybridized carbons (Fsp3) is 0.467. The molecule has 0 radical (unpaired) electrons. The van der Waals surface area contributed by atoms with E-state index in [2.05, 4.69) is 48.2 Å². The molecule has 3 rings (SSSR count). The summed E-state index contributed by atoms with van der Waals surface area (Å²) in [6.07, 6.45) is 6.37. The highest BCUT2D eigenvalue weighted by atomic mass is 16.7. The van der Waals surface area contributed by atoms with Crippen molar-refractivity contribution in [3.8, 4) is 0 Å². The lowest BCUT2D eigenvalue weighted by Crippen LogP contribution is -2.39. The van der Waals surface area contributed by atoms with E-state index in [4.69, 9.17) is 9.57 Å². The molecule has 1 aliphatic carbocycles. The van der Waals surface area contributed by atoms with Gasteiger partial charge in [-0.15, -0.1) is 5.48 Å². The molecule has 1 saturated heterocycles. The first kappa shape index (κ1) is 12.5. The van der Waals surface area contributed by atoms with E-state index >= 15 is 0 Å². The highest BCUT2D eigenvalue weighted by Crippen LogP contribution is 2.33. The van der Waals surface area contributed by atoms with Gasteiger partial charge < -0.3 is 14.1 Å². The zero-order valence-electron chi connectivity index (χ0n) is 11.6. The molecule has 4 nitrogen and oxygen atoms in total. The average molecular weight is 260 g/mol. The molecule has 0 spiro atoms. The van der Waals surface area contributed by atoms with Gasteiger partial charge in [-0.2, -0.15) is 0 Å². The summed E-state index contributed by atoms with van der Waals surface area (Å²) in [5, 5.41) is 0. The summed E-state index contributed by atoms with van der Waals surface area (Å²) in [4.78, 5) is 5.63. The Morgan fingerprint density at radius 3 is 2.74 bits per heavy atom. The standard InChI is InChI=1S/C15H20N2O2/c1-10-4-5-11(2)17(10)13-7-6-12-8-15(18-3)16-19-14(12)9-13/h4-5,7,9,12,15-16H,6,8H2,1-3H3. The smallest absolute Gasteiger partial charge is 0.140 e. The minimum atomic E-state index is -0.00727. The van der Waals surface area contributed by atoms with Gasteiger partial charge in [-0.3, -0.25) is 0 Å². The first-order chi connectivity index (χ1) is 9.19. The SMILES string of the molecule is COC1CC2CC=C(n3c(C)ccc3C)C=C2ON1. The van der Waals surface area contributed by atoms with Gasteiger partial charge in [0.1, 0.15) is 12.0 Å². The minimum Gasteiger partial charge on any atom is -0.410 e. The first-order valence-electron chi connectivity index (χ1n) is 6.71. The second-order valence-corrected chi connectivity index (χ2v) is 5.24. The molecule has 1 aromatic heterocycles. The number of nitrogens with zero attached hydrogens (tertiary/aromatic N) is 1. The minimum absolute atomic E-state index is 0.00727. The third-order valence-corrected chi connectivity index (χ3v) is 3.92. The van der Waals surface area contributed by atoms with Crippen LogP contribution in [0.15, 0.2) is 30.0 Å². The number of aryl methyl sites for hydroxylation is 2. The Bertz CT molecular complexity index is 523. The molecule has 0 aromatic carbocycles. The molecule has 1 N–H and O–H groups in total. The van der Waals surface area contributed by atoms with Crippen LogP contribution < -0.4 is 5.48 Å². The number of nitrogens with one attached hydrogen (secondary N) is 1. The lowest BCUT2D eigenvalue weighted by molar-refractivity contribution is -0.0945. The van der Waals surface area contributed by atoms with Crippen molar-refractivity contribution in [2.45, 2.75) is 32.9 Å². The van der Waals surface area contributed by atoms with Crippen LogP contribution in [-0.4, -0.2) is 17.9 Å². The fourth-order valence-electron chi connectivity index (χ4n) is 2.84. The lowest BCUT2D eigenvalue weighted by atomic mass is 9.92. The monoisotopic (exact) mass is 260 g/mol. The maximum Gasteiger partial charge on any atom is 0.140 e.